The molecule has 1 atom stereocenters. The number of phenolic OH excluding ortho intramolecular Hbond substituents is 1. The first-order chi connectivity index (χ1) is 7.60. The van der Waals surface area contributed by atoms with Crippen molar-refractivity contribution in [1.82, 2.24) is 0 Å². The van der Waals surface area contributed by atoms with Crippen LogP contribution in [0, 0.1) is 5.92 Å². The largest absolute Gasteiger partial charge is 0.506 e. The fourth-order valence-electron chi connectivity index (χ4n) is 2.44. The predicted molar refractivity (Wildman–Crippen MR) is 74.5 cm³/mol. The van der Waals surface area contributed by atoms with E-state index in [0.717, 1.165) is 36.0 Å². The van der Waals surface area contributed by atoms with E-state index in [9.17, 15) is 5.11 Å². The van der Waals surface area contributed by atoms with E-state index in [1.807, 2.05) is 0 Å². The minimum atomic E-state index is 0. The normalized spacial score (nSPS) is 17.8. The number of halogens is 3. The molecule has 0 bridgehead atoms. The average molecular weight is 297 g/mol. The molecule has 0 saturated carbocycles. The number of phenols is 1. The highest BCUT2D eigenvalue weighted by Gasteiger charge is 2.28. The van der Waals surface area contributed by atoms with Crippen LogP contribution in [0.2, 0.25) is 10.0 Å². The average Bonchev–Trinajstić information content (AvgIpc) is 2.71. The Morgan fingerprint density at radius 1 is 1.24 bits per heavy atom. The number of fused-ring (bicyclic) bond motifs is 1. The zero-order valence-electron chi connectivity index (χ0n) is 9.59. The lowest BCUT2D eigenvalue weighted by atomic mass is 10.0. The summed E-state index contributed by atoms with van der Waals surface area (Å²) in [6, 6.07) is 0. The van der Waals surface area contributed by atoms with Gasteiger partial charge in [0.1, 0.15) is 10.8 Å². The number of benzene rings is 1. The van der Waals surface area contributed by atoms with E-state index in [0.29, 0.717) is 17.5 Å². The van der Waals surface area contributed by atoms with Crippen molar-refractivity contribution in [2.75, 3.05) is 0 Å². The molecule has 0 amide bonds. The summed E-state index contributed by atoms with van der Waals surface area (Å²) in [4.78, 5) is 0. The second-order valence-electron chi connectivity index (χ2n) is 4.30. The van der Waals surface area contributed by atoms with Gasteiger partial charge in [-0.2, -0.15) is 0 Å². The van der Waals surface area contributed by atoms with Crippen LogP contribution in [-0.2, 0) is 19.4 Å². The second-order valence-corrected chi connectivity index (χ2v) is 5.05. The van der Waals surface area contributed by atoms with E-state index in [1.165, 1.54) is 0 Å². The first-order valence-corrected chi connectivity index (χ1v) is 6.26. The van der Waals surface area contributed by atoms with Crippen LogP contribution in [0.4, 0.5) is 0 Å². The number of hydrogen-bond donors (Lipinski definition) is 2. The van der Waals surface area contributed by atoms with E-state index >= 15 is 0 Å². The highest BCUT2D eigenvalue weighted by atomic mass is 35.5. The Kier molecular flexibility index (Phi) is 4.96. The van der Waals surface area contributed by atoms with Crippen molar-refractivity contribution in [1.29, 1.82) is 0 Å². The molecule has 3 N–H and O–H groups in total. The maximum atomic E-state index is 9.91. The summed E-state index contributed by atoms with van der Waals surface area (Å²) in [5.74, 6) is 0.653. The minimum absolute atomic E-state index is 0. The van der Waals surface area contributed by atoms with Crippen LogP contribution in [-0.4, -0.2) is 5.11 Å². The van der Waals surface area contributed by atoms with Crippen LogP contribution in [0.3, 0.4) is 0 Å². The highest BCUT2D eigenvalue weighted by Crippen LogP contribution is 2.45. The Labute approximate surface area is 118 Å². The molecule has 96 valence electrons. The van der Waals surface area contributed by atoms with Crippen LogP contribution in [0.25, 0.3) is 0 Å². The molecule has 2 rings (SSSR count). The maximum Gasteiger partial charge on any atom is 0.140 e. The lowest BCUT2D eigenvalue weighted by Crippen LogP contribution is -2.03. The Bertz CT molecular complexity index is 434. The third-order valence-corrected chi connectivity index (χ3v) is 4.33. The molecule has 0 aliphatic heterocycles. The van der Waals surface area contributed by atoms with Gasteiger partial charge in [-0.05, 0) is 29.9 Å². The lowest BCUT2D eigenvalue weighted by molar-refractivity contribution is 0.467. The molecule has 1 aromatic rings. The SMILES string of the molecule is CCC1Cc2c(Cl)c(Cl)c(O)c(CN)c2C1.Cl. The van der Waals surface area contributed by atoms with Crippen LogP contribution in [0.5, 0.6) is 5.75 Å². The van der Waals surface area contributed by atoms with Gasteiger partial charge in [-0.1, -0.05) is 36.5 Å². The van der Waals surface area contributed by atoms with E-state index in [2.05, 4.69) is 6.92 Å². The van der Waals surface area contributed by atoms with Gasteiger partial charge in [-0.25, -0.2) is 0 Å². The molecule has 0 radical (unpaired) electrons. The van der Waals surface area contributed by atoms with Crippen molar-refractivity contribution >= 4 is 35.6 Å². The number of rotatable bonds is 2. The molecule has 0 fully saturated rings. The summed E-state index contributed by atoms with van der Waals surface area (Å²) in [6.45, 7) is 2.47. The molecule has 0 heterocycles. The molecule has 2 nitrogen and oxygen atoms in total. The molecule has 17 heavy (non-hydrogen) atoms. The molecule has 0 aromatic heterocycles. The van der Waals surface area contributed by atoms with Crippen LogP contribution in [0.1, 0.15) is 30.0 Å². The molecule has 1 unspecified atom stereocenters. The summed E-state index contributed by atoms with van der Waals surface area (Å²) >= 11 is 12.2. The van der Waals surface area contributed by atoms with Crippen LogP contribution < -0.4 is 5.73 Å². The summed E-state index contributed by atoms with van der Waals surface area (Å²) in [5.41, 5.74) is 8.62. The van der Waals surface area contributed by atoms with E-state index in [-0.39, 0.29) is 23.2 Å². The topological polar surface area (TPSA) is 46.2 Å². The zero-order valence-corrected chi connectivity index (χ0v) is 11.9. The third kappa shape index (κ3) is 2.37. The molecular weight excluding hydrogens is 280 g/mol. The van der Waals surface area contributed by atoms with Gasteiger partial charge in [0.15, 0.2) is 0 Å². The third-order valence-electron chi connectivity index (χ3n) is 3.45. The standard InChI is InChI=1S/C12H15Cl2NO.ClH/c1-2-6-3-7-8(4-6)10(13)11(14)12(16)9(7)5-15;/h6,16H,2-5,15H2,1H3;1H. The van der Waals surface area contributed by atoms with Crippen LogP contribution >= 0.6 is 35.6 Å². The monoisotopic (exact) mass is 295 g/mol. The molecule has 5 heteroatoms. The highest BCUT2D eigenvalue weighted by molar-refractivity contribution is 6.43. The quantitative estimate of drug-likeness (QED) is 0.874. The summed E-state index contributed by atoms with van der Waals surface area (Å²) < 4.78 is 0. The van der Waals surface area contributed by atoms with E-state index < -0.39 is 0 Å². The minimum Gasteiger partial charge on any atom is -0.506 e. The van der Waals surface area contributed by atoms with Gasteiger partial charge >= 0.3 is 0 Å². The van der Waals surface area contributed by atoms with Gasteiger partial charge in [0.05, 0.1) is 5.02 Å². The van der Waals surface area contributed by atoms with Gasteiger partial charge in [-0.3, -0.25) is 0 Å². The van der Waals surface area contributed by atoms with E-state index in [1.54, 1.807) is 0 Å². The Hall–Kier alpha value is -0.150. The van der Waals surface area contributed by atoms with Crippen molar-refractivity contribution in [2.45, 2.75) is 32.7 Å². The number of hydrogen-bond acceptors (Lipinski definition) is 2. The zero-order chi connectivity index (χ0) is 11.9. The van der Waals surface area contributed by atoms with Crippen molar-refractivity contribution in [2.24, 2.45) is 11.7 Å². The van der Waals surface area contributed by atoms with Gasteiger partial charge in [0.25, 0.3) is 0 Å². The maximum absolute atomic E-state index is 9.91. The van der Waals surface area contributed by atoms with Crippen molar-refractivity contribution < 1.29 is 5.11 Å². The van der Waals surface area contributed by atoms with Gasteiger partial charge in [-0.15, -0.1) is 12.4 Å². The fourth-order valence-corrected chi connectivity index (χ4v) is 2.95. The van der Waals surface area contributed by atoms with Gasteiger partial charge < -0.3 is 10.8 Å². The molecular formula is C12H16Cl3NO. The first kappa shape index (κ1) is 14.9. The molecule has 1 aliphatic rings. The Morgan fingerprint density at radius 2 is 1.82 bits per heavy atom. The predicted octanol–water partition coefficient (Wildman–Crippen LogP) is 3.70. The Morgan fingerprint density at radius 3 is 2.35 bits per heavy atom. The smallest absolute Gasteiger partial charge is 0.140 e. The molecule has 0 saturated heterocycles. The van der Waals surface area contributed by atoms with Gasteiger partial charge in [0.2, 0.25) is 0 Å². The van der Waals surface area contributed by atoms with E-state index in [4.69, 9.17) is 28.9 Å². The first-order valence-electron chi connectivity index (χ1n) is 5.50. The fraction of sp³-hybridized carbons (Fsp3) is 0.500. The van der Waals surface area contributed by atoms with Crippen molar-refractivity contribution in [3.63, 3.8) is 0 Å². The number of nitrogens with two attached hydrogens (primary N) is 1. The van der Waals surface area contributed by atoms with Crippen molar-refractivity contribution in [3.8, 4) is 5.75 Å². The van der Waals surface area contributed by atoms with Crippen molar-refractivity contribution in [3.05, 3.63) is 26.7 Å². The number of aromatic hydroxyl groups is 1. The lowest BCUT2D eigenvalue weighted by Gasteiger charge is -2.12. The molecule has 1 aliphatic carbocycles. The molecule has 0 spiro atoms. The van der Waals surface area contributed by atoms with Crippen LogP contribution in [0.15, 0.2) is 0 Å². The molecule has 1 aromatic carbocycles. The summed E-state index contributed by atoms with van der Waals surface area (Å²) in [7, 11) is 0. The van der Waals surface area contributed by atoms with Gasteiger partial charge in [0, 0.05) is 12.1 Å². The summed E-state index contributed by atoms with van der Waals surface area (Å²) in [5, 5.41) is 10.7. The summed E-state index contributed by atoms with van der Waals surface area (Å²) in [6.07, 6.45) is 2.99. The Balaban J connectivity index is 0.00000144. The second kappa shape index (κ2) is 5.66.